The minimum atomic E-state index is -1.41. The topological polar surface area (TPSA) is 218 Å². The van der Waals surface area contributed by atoms with Crippen LogP contribution >= 0.6 is 0 Å². The molecule has 0 heterocycles. The summed E-state index contributed by atoms with van der Waals surface area (Å²) < 4.78 is 33.4. The van der Waals surface area contributed by atoms with Crippen LogP contribution in [0, 0.1) is 50.2 Å². The molecule has 374 valence electrons. The third kappa shape index (κ3) is 14.7. The van der Waals surface area contributed by atoms with E-state index in [1.165, 1.54) is 0 Å². The predicted molar refractivity (Wildman–Crippen MR) is 247 cm³/mol. The lowest BCUT2D eigenvalue weighted by atomic mass is 9.39. The Kier molecular flexibility index (Phi) is 24.7. The molecular weight excluding hydrogens is 841 g/mol. The molecule has 65 heavy (non-hydrogen) atoms. The Balaban J connectivity index is 8.36. The van der Waals surface area contributed by atoms with Crippen molar-refractivity contribution in [2.24, 2.45) is 50.2 Å². The van der Waals surface area contributed by atoms with Gasteiger partial charge >= 0.3 is 35.8 Å². The molecule has 9 unspecified atom stereocenters. The summed E-state index contributed by atoms with van der Waals surface area (Å²) >= 11 is 0. The van der Waals surface area contributed by atoms with Crippen molar-refractivity contribution in [3.8, 4) is 0 Å². The van der Waals surface area contributed by atoms with E-state index in [2.05, 4.69) is 19.7 Å². The molecule has 9 atom stereocenters. The summed E-state index contributed by atoms with van der Waals surface area (Å²) in [6.07, 6.45) is 1.39. The van der Waals surface area contributed by atoms with Gasteiger partial charge < -0.3 is 43.7 Å². The van der Waals surface area contributed by atoms with Gasteiger partial charge in [-0.15, -0.1) is 0 Å². The predicted octanol–water partition coefficient (Wildman–Crippen LogP) is 7.27. The average molecular weight is 925 g/mol. The van der Waals surface area contributed by atoms with Gasteiger partial charge in [-0.1, -0.05) is 123 Å². The van der Waals surface area contributed by atoms with E-state index < -0.39 is 144 Å². The molecule has 0 saturated carbocycles. The van der Waals surface area contributed by atoms with E-state index in [1.54, 1.807) is 0 Å². The van der Waals surface area contributed by atoms with E-state index in [-0.39, 0.29) is 6.42 Å². The summed E-state index contributed by atoms with van der Waals surface area (Å²) in [7, 11) is 0. The lowest BCUT2D eigenvalue weighted by molar-refractivity contribution is -0.211. The van der Waals surface area contributed by atoms with Gasteiger partial charge in [0, 0.05) is 18.2 Å². The molecule has 3 N–H and O–H groups in total. The molecule has 0 aromatic rings. The molecule has 0 aliphatic rings. The summed E-state index contributed by atoms with van der Waals surface area (Å²) in [5, 5.41) is 30.8. The first kappa shape index (κ1) is 60.9. The van der Waals surface area contributed by atoms with Crippen molar-refractivity contribution in [2.75, 3.05) is 39.6 Å². The second-order valence-corrected chi connectivity index (χ2v) is 19.3. The van der Waals surface area contributed by atoms with Gasteiger partial charge in [0.05, 0.1) is 24.4 Å². The zero-order chi connectivity index (χ0) is 50.8. The molecule has 15 nitrogen and oxygen atoms in total. The van der Waals surface area contributed by atoms with E-state index >= 15 is 4.79 Å². The highest BCUT2D eigenvalue weighted by Gasteiger charge is 2.67. The van der Waals surface area contributed by atoms with Crippen molar-refractivity contribution in [3.05, 3.63) is 38.0 Å². The number of rotatable bonds is 32. The van der Waals surface area contributed by atoms with E-state index in [1.807, 2.05) is 96.9 Å². The van der Waals surface area contributed by atoms with E-state index in [0.717, 1.165) is 18.2 Å². The van der Waals surface area contributed by atoms with Gasteiger partial charge in [0.2, 0.25) is 0 Å². The summed E-state index contributed by atoms with van der Waals surface area (Å²) in [5.74, 6) is -7.37. The molecule has 0 aliphatic carbocycles. The van der Waals surface area contributed by atoms with Crippen LogP contribution in [0.15, 0.2) is 38.0 Å². The summed E-state index contributed by atoms with van der Waals surface area (Å²) in [6.45, 7) is 34.3. The molecule has 15 heteroatoms. The second kappa shape index (κ2) is 26.3. The van der Waals surface area contributed by atoms with Crippen LogP contribution in [-0.2, 0) is 57.2 Å². The van der Waals surface area contributed by atoms with Crippen molar-refractivity contribution < 1.29 is 72.5 Å². The lowest BCUT2D eigenvalue weighted by Gasteiger charge is -2.63. The molecule has 0 rings (SSSR count). The highest BCUT2D eigenvalue weighted by atomic mass is 16.6. The number of aliphatic hydroxyl groups excluding tert-OH is 3. The van der Waals surface area contributed by atoms with E-state index in [4.69, 9.17) is 28.4 Å². The Hall–Kier alpha value is -4.08. The zero-order valence-corrected chi connectivity index (χ0v) is 42.0. The SMILES string of the molecule is C=CC(=O)OCC(O)COC(=O)C(C(C)(CC)C(C)(C)C(C(=O)OCC(COC(=O)C=C)OC(=O)C=C)C(C)(C)CC)C(C)(CC)C(C)(CC)C(C(=O)OCC(O)CO)C(C)(CC)CC. The largest absolute Gasteiger partial charge is 0.463 e. The number of carbonyl (C=O) groups is 6. The van der Waals surface area contributed by atoms with Gasteiger partial charge in [-0.3, -0.25) is 14.4 Å². The van der Waals surface area contributed by atoms with Crippen molar-refractivity contribution in [3.63, 3.8) is 0 Å². The van der Waals surface area contributed by atoms with Crippen LogP contribution in [-0.4, -0.2) is 109 Å². The number of esters is 6. The van der Waals surface area contributed by atoms with Crippen LogP contribution in [0.25, 0.3) is 0 Å². The fourth-order valence-electron chi connectivity index (χ4n) is 9.91. The van der Waals surface area contributed by atoms with Crippen LogP contribution in [0.3, 0.4) is 0 Å². The zero-order valence-electron chi connectivity index (χ0n) is 42.0. The van der Waals surface area contributed by atoms with E-state index in [9.17, 15) is 39.3 Å². The molecule has 0 radical (unpaired) electrons. The van der Waals surface area contributed by atoms with Gasteiger partial charge in [-0.2, -0.15) is 0 Å². The first-order valence-electron chi connectivity index (χ1n) is 23.0. The molecule has 0 amide bonds. The molecule has 0 spiro atoms. The van der Waals surface area contributed by atoms with Crippen LogP contribution < -0.4 is 0 Å². The molecule has 0 aromatic heterocycles. The highest BCUT2D eigenvalue weighted by Crippen LogP contribution is 2.68. The number of hydrogen-bond acceptors (Lipinski definition) is 15. The molecule has 0 aromatic carbocycles. The van der Waals surface area contributed by atoms with E-state index in [0.29, 0.717) is 32.1 Å². The Morgan fingerprint density at radius 3 is 1.26 bits per heavy atom. The van der Waals surface area contributed by atoms with Crippen LogP contribution in [0.5, 0.6) is 0 Å². The quantitative estimate of drug-likeness (QED) is 0.0343. The molecule has 0 fully saturated rings. The maximum atomic E-state index is 15.5. The number of hydrogen-bond donors (Lipinski definition) is 3. The smallest absolute Gasteiger partial charge is 0.330 e. The van der Waals surface area contributed by atoms with Gasteiger partial charge in [-0.05, 0) is 64.6 Å². The normalized spacial score (nSPS) is 17.7. The number of aliphatic hydroxyl groups is 3. The van der Waals surface area contributed by atoms with Crippen LogP contribution in [0.1, 0.15) is 135 Å². The minimum Gasteiger partial charge on any atom is -0.463 e. The number of carbonyl (C=O) groups excluding carboxylic acids is 6. The Morgan fingerprint density at radius 1 is 0.477 bits per heavy atom. The molecular formula is C50H84O15. The minimum absolute atomic E-state index is 0.284. The molecule has 0 aliphatic heterocycles. The fourth-order valence-corrected chi connectivity index (χ4v) is 9.91. The van der Waals surface area contributed by atoms with Crippen molar-refractivity contribution >= 4 is 35.8 Å². The third-order valence-corrected chi connectivity index (χ3v) is 15.4. The Morgan fingerprint density at radius 2 is 0.846 bits per heavy atom. The fraction of sp³-hybridized carbons (Fsp3) is 0.760. The highest BCUT2D eigenvalue weighted by molar-refractivity contribution is 5.82. The summed E-state index contributed by atoms with van der Waals surface area (Å²) in [5.41, 5.74) is -6.14. The monoisotopic (exact) mass is 925 g/mol. The Labute approximate surface area is 389 Å². The summed E-state index contributed by atoms with van der Waals surface area (Å²) in [4.78, 5) is 81.1. The first-order chi connectivity index (χ1) is 30.1. The maximum Gasteiger partial charge on any atom is 0.330 e. The van der Waals surface area contributed by atoms with Gasteiger partial charge in [0.25, 0.3) is 0 Å². The van der Waals surface area contributed by atoms with Crippen LogP contribution in [0.2, 0.25) is 0 Å². The first-order valence-corrected chi connectivity index (χ1v) is 23.0. The van der Waals surface area contributed by atoms with Crippen molar-refractivity contribution in [1.29, 1.82) is 0 Å². The van der Waals surface area contributed by atoms with Gasteiger partial charge in [0.15, 0.2) is 6.10 Å². The lowest BCUT2D eigenvalue weighted by Crippen LogP contribution is -2.63. The van der Waals surface area contributed by atoms with Crippen molar-refractivity contribution in [1.82, 2.24) is 0 Å². The van der Waals surface area contributed by atoms with Gasteiger partial charge in [0.1, 0.15) is 45.2 Å². The standard InChI is InChI=1S/C50H84O15/c1-18-36(54)60-29-34(53)30-63-44(59)41(50(17,26-9)49(16,25-8)40(47(14,22-5)23-6)43(58)62-28-33(52)27-51)48(15,24-7)46(12,13)39(45(10,11)21-4)42(57)64-32-35(65-38(56)20-3)31-61-37(55)19-2/h18-20,33-35,39-41,51-53H,1-3,21-32H2,4-17H3. The van der Waals surface area contributed by atoms with Gasteiger partial charge in [-0.25, -0.2) is 14.4 Å². The second-order valence-electron chi connectivity index (χ2n) is 19.3. The molecule has 0 bridgehead atoms. The number of ether oxygens (including phenoxy) is 6. The molecule has 0 saturated heterocycles. The average Bonchev–Trinajstić information content (AvgIpc) is 3.28. The summed E-state index contributed by atoms with van der Waals surface area (Å²) in [6, 6.07) is 0. The third-order valence-electron chi connectivity index (χ3n) is 15.4. The van der Waals surface area contributed by atoms with Crippen LogP contribution in [0.4, 0.5) is 0 Å². The van der Waals surface area contributed by atoms with Crippen molar-refractivity contribution in [2.45, 2.75) is 154 Å². The maximum absolute atomic E-state index is 15.5. The Bertz CT molecular complexity index is 1610.